The molecule has 0 bridgehead atoms. The molecule has 0 saturated carbocycles. The van der Waals surface area contributed by atoms with E-state index in [9.17, 15) is 4.79 Å². The van der Waals surface area contributed by atoms with Crippen molar-refractivity contribution >= 4 is 27.5 Å². The normalized spacial score (nSPS) is 11.0. The number of hydrogen-bond donors (Lipinski definition) is 0. The van der Waals surface area contributed by atoms with Crippen LogP contribution in [-0.2, 0) is 22.7 Å². The van der Waals surface area contributed by atoms with E-state index in [1.54, 1.807) is 0 Å². The fourth-order valence-electron chi connectivity index (χ4n) is 3.34. The average Bonchev–Trinajstić information content (AvgIpc) is 2.67. The molecule has 4 aromatic rings. The Hall–Kier alpha value is -3.20. The quantitative estimate of drug-likeness (QED) is 0.313. The number of carbonyl (C=O) groups excluding carboxylic acids is 1. The number of hydrogen-bond acceptors (Lipinski definition) is 2. The molecule has 0 saturated heterocycles. The first-order valence-corrected chi connectivity index (χ1v) is 8.71. The lowest BCUT2D eigenvalue weighted by atomic mass is 9.96. The van der Waals surface area contributed by atoms with Crippen LogP contribution in [0.4, 0.5) is 0 Å². The van der Waals surface area contributed by atoms with Gasteiger partial charge in [0.1, 0.15) is 6.61 Å². The van der Waals surface area contributed by atoms with Crippen molar-refractivity contribution in [3.8, 4) is 0 Å². The van der Waals surface area contributed by atoms with Crippen LogP contribution in [0.25, 0.3) is 21.5 Å². The summed E-state index contributed by atoms with van der Waals surface area (Å²) in [7, 11) is 0. The minimum Gasteiger partial charge on any atom is -0.461 e. The number of aromatic nitrogens is 1. The molecule has 128 valence electrons. The first kappa shape index (κ1) is 16.3. The second-order valence-electron chi connectivity index (χ2n) is 6.46. The molecule has 0 N–H and O–H groups in total. The van der Waals surface area contributed by atoms with Gasteiger partial charge in [-0.25, -0.2) is 4.57 Å². The Balaban J connectivity index is 1.72. The number of pyridine rings is 1. The molecule has 3 nitrogen and oxygen atoms in total. The van der Waals surface area contributed by atoms with Crippen LogP contribution in [-0.4, -0.2) is 5.97 Å². The van der Waals surface area contributed by atoms with Gasteiger partial charge >= 0.3 is 5.97 Å². The molecule has 4 rings (SSSR count). The van der Waals surface area contributed by atoms with Gasteiger partial charge in [0, 0.05) is 30.2 Å². The van der Waals surface area contributed by atoms with Crippen molar-refractivity contribution in [3.63, 3.8) is 0 Å². The summed E-state index contributed by atoms with van der Waals surface area (Å²) in [5, 5.41) is 5.08. The third-order valence-corrected chi connectivity index (χ3v) is 4.63. The molecular formula is C23H20NO2+. The number of carbonyl (C=O) groups is 1. The van der Waals surface area contributed by atoms with Gasteiger partial charge in [-0.3, -0.25) is 4.79 Å². The molecule has 0 spiro atoms. The van der Waals surface area contributed by atoms with E-state index in [0.717, 1.165) is 12.1 Å². The predicted molar refractivity (Wildman–Crippen MR) is 103 cm³/mol. The minimum absolute atomic E-state index is 0.260. The van der Waals surface area contributed by atoms with Crippen molar-refractivity contribution < 1.29 is 14.1 Å². The van der Waals surface area contributed by atoms with E-state index in [4.69, 9.17) is 4.74 Å². The van der Waals surface area contributed by atoms with Gasteiger partial charge < -0.3 is 4.74 Å². The minimum atomic E-state index is -0.260. The maximum absolute atomic E-state index is 10.9. The van der Waals surface area contributed by atoms with Gasteiger partial charge in [-0.1, -0.05) is 48.5 Å². The highest BCUT2D eigenvalue weighted by atomic mass is 16.5. The zero-order valence-corrected chi connectivity index (χ0v) is 14.7. The molecular weight excluding hydrogens is 322 g/mol. The highest BCUT2D eigenvalue weighted by Gasteiger charge is 2.12. The Kier molecular flexibility index (Phi) is 4.36. The molecule has 3 aromatic carbocycles. The highest BCUT2D eigenvalue weighted by Crippen LogP contribution is 2.28. The van der Waals surface area contributed by atoms with Crippen molar-refractivity contribution in [2.24, 2.45) is 0 Å². The second-order valence-corrected chi connectivity index (χ2v) is 6.46. The number of fused-ring (bicyclic) bond motifs is 2. The van der Waals surface area contributed by atoms with Gasteiger partial charge in [0.15, 0.2) is 18.9 Å². The summed E-state index contributed by atoms with van der Waals surface area (Å²) in [5.41, 5.74) is 2.30. The SMILES string of the molecule is CC(=O)OCc1cc[n+](Cc2c3ccccc3cc3ccccc23)cc1. The molecule has 0 aliphatic heterocycles. The lowest BCUT2D eigenvalue weighted by Crippen LogP contribution is -2.33. The summed E-state index contributed by atoms with van der Waals surface area (Å²) in [4.78, 5) is 10.9. The van der Waals surface area contributed by atoms with E-state index in [1.165, 1.54) is 34.0 Å². The van der Waals surface area contributed by atoms with Crippen LogP contribution in [0.1, 0.15) is 18.1 Å². The summed E-state index contributed by atoms with van der Waals surface area (Å²) in [6.45, 7) is 2.53. The zero-order chi connectivity index (χ0) is 17.9. The van der Waals surface area contributed by atoms with Crippen LogP contribution >= 0.6 is 0 Å². The van der Waals surface area contributed by atoms with Gasteiger partial charge in [-0.2, -0.15) is 0 Å². The number of esters is 1. The molecule has 1 aromatic heterocycles. The molecule has 26 heavy (non-hydrogen) atoms. The van der Waals surface area contributed by atoms with Crippen molar-refractivity contribution in [1.82, 2.24) is 0 Å². The lowest BCUT2D eigenvalue weighted by Gasteiger charge is -2.09. The Bertz CT molecular complexity index is 1030. The molecule has 0 aliphatic carbocycles. The van der Waals surface area contributed by atoms with Crippen molar-refractivity contribution in [2.45, 2.75) is 20.1 Å². The van der Waals surface area contributed by atoms with Crippen LogP contribution in [0, 0.1) is 0 Å². The molecule has 0 aliphatic rings. The Morgan fingerprint density at radius 3 is 2.04 bits per heavy atom. The smallest absolute Gasteiger partial charge is 0.302 e. The molecule has 0 atom stereocenters. The van der Waals surface area contributed by atoms with E-state index in [2.05, 4.69) is 59.2 Å². The third kappa shape index (κ3) is 3.29. The van der Waals surface area contributed by atoms with E-state index >= 15 is 0 Å². The van der Waals surface area contributed by atoms with Gasteiger partial charge in [0.05, 0.1) is 0 Å². The summed E-state index contributed by atoms with van der Waals surface area (Å²) in [6.07, 6.45) is 4.07. The fraction of sp³-hybridized carbons (Fsp3) is 0.130. The van der Waals surface area contributed by atoms with Gasteiger partial charge in [0.25, 0.3) is 0 Å². The van der Waals surface area contributed by atoms with Crippen LogP contribution < -0.4 is 4.57 Å². The van der Waals surface area contributed by atoms with E-state index in [0.29, 0.717) is 6.61 Å². The molecule has 0 radical (unpaired) electrons. The Labute approximate surface area is 152 Å². The summed E-state index contributed by atoms with van der Waals surface area (Å²) < 4.78 is 7.21. The maximum atomic E-state index is 10.9. The first-order valence-electron chi connectivity index (χ1n) is 8.71. The monoisotopic (exact) mass is 342 g/mol. The number of nitrogens with zero attached hydrogens (tertiary/aromatic N) is 1. The molecule has 1 heterocycles. The van der Waals surface area contributed by atoms with Crippen molar-refractivity contribution in [1.29, 1.82) is 0 Å². The standard InChI is InChI=1S/C23H20NO2/c1-17(25)26-16-18-10-12-24(13-11-18)15-23-21-8-4-2-6-19(21)14-20-7-3-5-9-22(20)23/h2-14H,15-16H2,1H3/q+1. The Morgan fingerprint density at radius 1 is 0.885 bits per heavy atom. The molecule has 3 heteroatoms. The molecule has 0 fully saturated rings. The predicted octanol–water partition coefficient (Wildman–Crippen LogP) is 4.39. The van der Waals surface area contributed by atoms with Gasteiger partial charge in [-0.15, -0.1) is 0 Å². The van der Waals surface area contributed by atoms with Gasteiger partial charge in [0.2, 0.25) is 0 Å². The summed E-state index contributed by atoms with van der Waals surface area (Å²) >= 11 is 0. The van der Waals surface area contributed by atoms with Crippen LogP contribution in [0.15, 0.2) is 79.1 Å². The number of ether oxygens (including phenoxy) is 1. The van der Waals surface area contributed by atoms with Crippen LogP contribution in [0.5, 0.6) is 0 Å². The summed E-state index contributed by atoms with van der Waals surface area (Å²) in [6, 6.07) is 23.3. The van der Waals surface area contributed by atoms with Gasteiger partial charge in [-0.05, 0) is 27.6 Å². The third-order valence-electron chi connectivity index (χ3n) is 4.63. The average molecular weight is 342 g/mol. The summed E-state index contributed by atoms with van der Waals surface area (Å²) in [5.74, 6) is -0.260. The largest absolute Gasteiger partial charge is 0.461 e. The van der Waals surface area contributed by atoms with Crippen molar-refractivity contribution in [3.05, 3.63) is 90.3 Å². The Morgan fingerprint density at radius 2 is 1.46 bits per heavy atom. The van der Waals surface area contributed by atoms with E-state index in [1.807, 2.05) is 24.5 Å². The second kappa shape index (κ2) is 6.96. The van der Waals surface area contributed by atoms with E-state index < -0.39 is 0 Å². The van der Waals surface area contributed by atoms with E-state index in [-0.39, 0.29) is 5.97 Å². The maximum Gasteiger partial charge on any atom is 0.302 e. The highest BCUT2D eigenvalue weighted by molar-refractivity contribution is 6.02. The number of rotatable bonds is 4. The van der Waals surface area contributed by atoms with Crippen molar-refractivity contribution in [2.75, 3.05) is 0 Å². The molecule has 0 unspecified atom stereocenters. The van der Waals surface area contributed by atoms with Crippen LogP contribution in [0.3, 0.4) is 0 Å². The molecule has 0 amide bonds. The first-order chi connectivity index (χ1) is 12.7. The topological polar surface area (TPSA) is 30.2 Å². The lowest BCUT2D eigenvalue weighted by molar-refractivity contribution is -0.688. The van der Waals surface area contributed by atoms with Crippen LogP contribution in [0.2, 0.25) is 0 Å². The number of benzene rings is 3. The fourth-order valence-corrected chi connectivity index (χ4v) is 3.34. The zero-order valence-electron chi connectivity index (χ0n) is 14.7.